The van der Waals surface area contributed by atoms with Crippen molar-refractivity contribution in [3.05, 3.63) is 18.5 Å². The van der Waals surface area contributed by atoms with Gasteiger partial charge in [0.25, 0.3) is 0 Å². The van der Waals surface area contributed by atoms with E-state index in [2.05, 4.69) is 19.8 Å². The average molecular weight is 305 g/mol. The molecule has 1 aromatic rings. The number of carbonyl (C=O) groups excluding carboxylic acids is 1. The minimum Gasteiger partial charge on any atom is -0.375 e. The van der Waals surface area contributed by atoms with Crippen molar-refractivity contribution in [1.82, 2.24) is 19.8 Å². The van der Waals surface area contributed by atoms with Crippen LogP contribution in [-0.4, -0.2) is 84.2 Å². The Kier molecular flexibility index (Phi) is 4.84. The molecule has 2 saturated heterocycles. The van der Waals surface area contributed by atoms with E-state index < -0.39 is 0 Å². The quantitative estimate of drug-likeness (QED) is 0.774. The lowest BCUT2D eigenvalue weighted by Crippen LogP contribution is -2.52. The molecule has 0 aliphatic carbocycles. The van der Waals surface area contributed by atoms with Gasteiger partial charge in [0.1, 0.15) is 0 Å². The highest BCUT2D eigenvalue weighted by atomic mass is 16.5. The van der Waals surface area contributed by atoms with Crippen LogP contribution in [0.1, 0.15) is 6.92 Å². The summed E-state index contributed by atoms with van der Waals surface area (Å²) in [4.78, 5) is 27.2. The number of rotatable bonds is 3. The van der Waals surface area contributed by atoms with E-state index in [1.165, 1.54) is 0 Å². The molecule has 7 heteroatoms. The molecule has 0 N–H and O–H groups in total. The number of hydrogen-bond donors (Lipinski definition) is 0. The minimum absolute atomic E-state index is 0.143. The smallest absolute Gasteiger partial charge is 0.236 e. The van der Waals surface area contributed by atoms with Crippen molar-refractivity contribution >= 4 is 11.9 Å². The molecule has 0 aromatic carbocycles. The predicted molar refractivity (Wildman–Crippen MR) is 82.7 cm³/mol. The SMILES string of the molecule is CC1CN(C(=O)CN2CCN(c3ncccn3)CC2)CCO1. The van der Waals surface area contributed by atoms with Gasteiger partial charge in [0, 0.05) is 51.7 Å². The molecule has 2 aliphatic heterocycles. The third-order valence-electron chi connectivity index (χ3n) is 4.16. The molecule has 1 amide bonds. The Balaban J connectivity index is 1.46. The van der Waals surface area contributed by atoms with Crippen LogP contribution in [0.3, 0.4) is 0 Å². The Morgan fingerprint density at radius 1 is 1.23 bits per heavy atom. The van der Waals surface area contributed by atoms with Crippen LogP contribution in [0.4, 0.5) is 5.95 Å². The van der Waals surface area contributed by atoms with Crippen LogP contribution in [-0.2, 0) is 9.53 Å². The Hall–Kier alpha value is -1.73. The predicted octanol–water partition coefficient (Wildman–Crippen LogP) is -0.154. The average Bonchev–Trinajstić information content (AvgIpc) is 2.56. The second-order valence-electron chi connectivity index (χ2n) is 5.83. The fourth-order valence-electron chi connectivity index (χ4n) is 2.90. The molecule has 3 rings (SSSR count). The van der Waals surface area contributed by atoms with Crippen LogP contribution in [0.2, 0.25) is 0 Å². The number of morpholine rings is 1. The number of amides is 1. The highest BCUT2D eigenvalue weighted by Gasteiger charge is 2.25. The van der Waals surface area contributed by atoms with Gasteiger partial charge >= 0.3 is 0 Å². The molecule has 1 atom stereocenters. The van der Waals surface area contributed by atoms with E-state index in [4.69, 9.17) is 4.74 Å². The second kappa shape index (κ2) is 7.02. The number of ether oxygens (including phenoxy) is 1. The summed E-state index contributed by atoms with van der Waals surface area (Å²) in [6.45, 7) is 8.01. The highest BCUT2D eigenvalue weighted by molar-refractivity contribution is 5.78. The van der Waals surface area contributed by atoms with Crippen molar-refractivity contribution in [1.29, 1.82) is 0 Å². The summed E-state index contributed by atoms with van der Waals surface area (Å²) in [5.41, 5.74) is 0. The van der Waals surface area contributed by atoms with Gasteiger partial charge in [-0.3, -0.25) is 9.69 Å². The van der Waals surface area contributed by atoms with Gasteiger partial charge in [-0.1, -0.05) is 0 Å². The normalized spacial score (nSPS) is 23.6. The van der Waals surface area contributed by atoms with Crippen molar-refractivity contribution in [3.8, 4) is 0 Å². The van der Waals surface area contributed by atoms with Crippen molar-refractivity contribution in [2.45, 2.75) is 13.0 Å². The number of carbonyl (C=O) groups is 1. The molecule has 0 radical (unpaired) electrons. The molecule has 0 bridgehead atoms. The maximum atomic E-state index is 12.4. The van der Waals surface area contributed by atoms with E-state index in [0.717, 1.165) is 32.1 Å². The standard InChI is InChI=1S/C15H23N5O2/c1-13-11-20(9-10-22-13)14(21)12-18-5-7-19(8-6-18)15-16-3-2-4-17-15/h2-4,13H,5-12H2,1H3. The van der Waals surface area contributed by atoms with Gasteiger partial charge in [0.05, 0.1) is 19.3 Å². The number of aromatic nitrogens is 2. The van der Waals surface area contributed by atoms with Gasteiger partial charge in [-0.2, -0.15) is 0 Å². The molecule has 22 heavy (non-hydrogen) atoms. The summed E-state index contributed by atoms with van der Waals surface area (Å²) in [7, 11) is 0. The van der Waals surface area contributed by atoms with Crippen LogP contribution < -0.4 is 4.90 Å². The molecule has 1 aromatic heterocycles. The van der Waals surface area contributed by atoms with Gasteiger partial charge in [-0.05, 0) is 13.0 Å². The van der Waals surface area contributed by atoms with E-state index >= 15 is 0 Å². The third kappa shape index (κ3) is 3.72. The largest absolute Gasteiger partial charge is 0.375 e. The van der Waals surface area contributed by atoms with Gasteiger partial charge in [0.15, 0.2) is 0 Å². The van der Waals surface area contributed by atoms with Crippen LogP contribution >= 0.6 is 0 Å². The van der Waals surface area contributed by atoms with Crippen LogP contribution in [0, 0.1) is 0 Å². The molecule has 7 nitrogen and oxygen atoms in total. The van der Waals surface area contributed by atoms with Gasteiger partial charge < -0.3 is 14.5 Å². The molecule has 2 fully saturated rings. The van der Waals surface area contributed by atoms with Crippen LogP contribution in [0.5, 0.6) is 0 Å². The van der Waals surface area contributed by atoms with E-state index in [-0.39, 0.29) is 12.0 Å². The Labute approximate surface area is 130 Å². The zero-order valence-electron chi connectivity index (χ0n) is 13.0. The number of hydrogen-bond acceptors (Lipinski definition) is 6. The van der Waals surface area contributed by atoms with E-state index in [1.807, 2.05) is 17.9 Å². The van der Waals surface area contributed by atoms with Gasteiger partial charge in [0.2, 0.25) is 11.9 Å². The fraction of sp³-hybridized carbons (Fsp3) is 0.667. The van der Waals surface area contributed by atoms with Gasteiger partial charge in [-0.15, -0.1) is 0 Å². The lowest BCUT2D eigenvalue weighted by molar-refractivity contribution is -0.139. The first-order valence-electron chi connectivity index (χ1n) is 7.86. The molecule has 0 saturated carbocycles. The number of anilines is 1. The fourth-order valence-corrected chi connectivity index (χ4v) is 2.90. The molecule has 3 heterocycles. The summed E-state index contributed by atoms with van der Waals surface area (Å²) in [5, 5.41) is 0. The summed E-state index contributed by atoms with van der Waals surface area (Å²) >= 11 is 0. The summed E-state index contributed by atoms with van der Waals surface area (Å²) in [6.07, 6.45) is 3.67. The molecule has 2 aliphatic rings. The maximum absolute atomic E-state index is 12.4. The number of nitrogens with zero attached hydrogens (tertiary/aromatic N) is 5. The first-order chi connectivity index (χ1) is 10.7. The first kappa shape index (κ1) is 15.2. The van der Waals surface area contributed by atoms with E-state index in [0.29, 0.717) is 26.2 Å². The van der Waals surface area contributed by atoms with Crippen molar-refractivity contribution in [2.75, 3.05) is 57.3 Å². The third-order valence-corrected chi connectivity index (χ3v) is 4.16. The zero-order chi connectivity index (χ0) is 15.4. The van der Waals surface area contributed by atoms with Crippen molar-refractivity contribution < 1.29 is 9.53 Å². The Bertz CT molecular complexity index is 490. The minimum atomic E-state index is 0.143. The number of piperazine rings is 1. The molecular weight excluding hydrogens is 282 g/mol. The summed E-state index contributed by atoms with van der Waals surface area (Å²) < 4.78 is 5.48. The van der Waals surface area contributed by atoms with Crippen LogP contribution in [0.15, 0.2) is 18.5 Å². The lowest BCUT2D eigenvalue weighted by Gasteiger charge is -2.36. The Morgan fingerprint density at radius 2 is 1.95 bits per heavy atom. The maximum Gasteiger partial charge on any atom is 0.236 e. The van der Waals surface area contributed by atoms with Gasteiger partial charge in [-0.25, -0.2) is 9.97 Å². The second-order valence-corrected chi connectivity index (χ2v) is 5.83. The topological polar surface area (TPSA) is 61.8 Å². The zero-order valence-corrected chi connectivity index (χ0v) is 13.0. The van der Waals surface area contributed by atoms with E-state index in [9.17, 15) is 4.79 Å². The first-order valence-corrected chi connectivity index (χ1v) is 7.86. The molecule has 120 valence electrons. The van der Waals surface area contributed by atoms with Crippen LogP contribution in [0.25, 0.3) is 0 Å². The molecule has 1 unspecified atom stereocenters. The highest BCUT2D eigenvalue weighted by Crippen LogP contribution is 2.11. The van der Waals surface area contributed by atoms with Crippen molar-refractivity contribution in [2.24, 2.45) is 0 Å². The van der Waals surface area contributed by atoms with E-state index in [1.54, 1.807) is 12.4 Å². The summed E-state index contributed by atoms with van der Waals surface area (Å²) in [5.74, 6) is 0.982. The summed E-state index contributed by atoms with van der Waals surface area (Å²) in [6, 6.07) is 1.82. The Morgan fingerprint density at radius 3 is 2.64 bits per heavy atom. The lowest BCUT2D eigenvalue weighted by atomic mass is 10.2. The molecule has 0 spiro atoms. The van der Waals surface area contributed by atoms with Crippen molar-refractivity contribution in [3.63, 3.8) is 0 Å². The molecular formula is C15H23N5O2. The monoisotopic (exact) mass is 305 g/mol.